The zero-order valence-corrected chi connectivity index (χ0v) is 14.2. The molecule has 0 atom stereocenters. The van der Waals surface area contributed by atoms with E-state index in [1.165, 1.54) is 28.0 Å². The molecule has 24 heavy (non-hydrogen) atoms. The summed E-state index contributed by atoms with van der Waals surface area (Å²) in [5.41, 5.74) is 1.08. The number of thiophene rings is 1. The lowest BCUT2D eigenvalue weighted by Crippen LogP contribution is -2.30. The molecule has 0 fully saturated rings. The van der Waals surface area contributed by atoms with Gasteiger partial charge in [-0.2, -0.15) is 0 Å². The summed E-state index contributed by atoms with van der Waals surface area (Å²) in [4.78, 5) is 30.4. The van der Waals surface area contributed by atoms with Crippen LogP contribution in [0.1, 0.15) is 11.3 Å². The Morgan fingerprint density at radius 3 is 2.71 bits per heavy atom. The SMILES string of the molecule is O=C(O)CCSC1=N/C(=C/c2cccs2)C(=O)N1c1ccccc1. The van der Waals surface area contributed by atoms with Gasteiger partial charge >= 0.3 is 5.97 Å². The van der Waals surface area contributed by atoms with Crippen LogP contribution in [0.3, 0.4) is 0 Å². The third-order valence-corrected chi connectivity index (χ3v) is 4.97. The highest BCUT2D eigenvalue weighted by Crippen LogP contribution is 2.30. The summed E-state index contributed by atoms with van der Waals surface area (Å²) in [5, 5.41) is 11.2. The minimum atomic E-state index is -0.868. The number of carboxylic acid groups (broad SMARTS) is 1. The van der Waals surface area contributed by atoms with Crippen molar-refractivity contribution in [1.82, 2.24) is 0 Å². The quantitative estimate of drug-likeness (QED) is 0.828. The molecule has 7 heteroatoms. The molecule has 0 aliphatic carbocycles. The van der Waals surface area contributed by atoms with E-state index >= 15 is 0 Å². The molecule has 5 nitrogen and oxygen atoms in total. The molecule has 1 amide bonds. The van der Waals surface area contributed by atoms with Crippen LogP contribution in [0.4, 0.5) is 5.69 Å². The Hall–Kier alpha value is -2.38. The Labute approximate surface area is 147 Å². The first-order chi connectivity index (χ1) is 11.6. The average Bonchev–Trinajstić information content (AvgIpc) is 3.17. The minimum absolute atomic E-state index is 0.0183. The molecule has 2 aromatic rings. The second-order valence-electron chi connectivity index (χ2n) is 4.91. The average molecular weight is 358 g/mol. The Morgan fingerprint density at radius 1 is 1.25 bits per heavy atom. The fraction of sp³-hybridized carbons (Fsp3) is 0.118. The van der Waals surface area contributed by atoms with Crippen molar-refractivity contribution >= 4 is 51.9 Å². The normalized spacial score (nSPS) is 15.8. The van der Waals surface area contributed by atoms with Gasteiger partial charge in [-0.05, 0) is 29.7 Å². The van der Waals surface area contributed by atoms with E-state index in [9.17, 15) is 9.59 Å². The van der Waals surface area contributed by atoms with E-state index in [2.05, 4.69) is 4.99 Å². The smallest absolute Gasteiger partial charge is 0.304 e. The third kappa shape index (κ3) is 3.74. The summed E-state index contributed by atoms with van der Waals surface area (Å²) in [6.07, 6.45) is 1.78. The fourth-order valence-electron chi connectivity index (χ4n) is 2.14. The molecule has 0 saturated heterocycles. The molecule has 0 saturated carbocycles. The van der Waals surface area contributed by atoms with E-state index < -0.39 is 5.97 Å². The second-order valence-corrected chi connectivity index (χ2v) is 6.95. The number of benzene rings is 1. The summed E-state index contributed by atoms with van der Waals surface area (Å²) < 4.78 is 0. The highest BCUT2D eigenvalue weighted by Gasteiger charge is 2.31. The molecule has 122 valence electrons. The number of carbonyl (C=O) groups is 2. The van der Waals surface area contributed by atoms with Crippen LogP contribution < -0.4 is 4.90 Å². The number of carbonyl (C=O) groups excluding carboxylic acids is 1. The van der Waals surface area contributed by atoms with Gasteiger partial charge in [0.2, 0.25) is 0 Å². The maximum absolute atomic E-state index is 12.8. The monoisotopic (exact) mass is 358 g/mol. The number of aliphatic imine (C=N–C) groups is 1. The molecule has 1 aliphatic heterocycles. The van der Waals surface area contributed by atoms with E-state index in [1.807, 2.05) is 47.8 Å². The number of thioether (sulfide) groups is 1. The molecule has 0 bridgehead atoms. The molecular formula is C17H14N2O3S2. The number of amidine groups is 1. The van der Waals surface area contributed by atoms with Gasteiger partial charge in [-0.15, -0.1) is 11.3 Å². The van der Waals surface area contributed by atoms with Crippen LogP contribution in [0.5, 0.6) is 0 Å². The van der Waals surface area contributed by atoms with Crippen molar-refractivity contribution in [1.29, 1.82) is 0 Å². The highest BCUT2D eigenvalue weighted by molar-refractivity contribution is 8.14. The van der Waals surface area contributed by atoms with Crippen molar-refractivity contribution in [3.63, 3.8) is 0 Å². The fourth-order valence-corrected chi connectivity index (χ4v) is 3.73. The van der Waals surface area contributed by atoms with Gasteiger partial charge in [0.1, 0.15) is 5.70 Å². The topological polar surface area (TPSA) is 70.0 Å². The van der Waals surface area contributed by atoms with Crippen LogP contribution in [0.25, 0.3) is 6.08 Å². The number of para-hydroxylation sites is 1. The van der Waals surface area contributed by atoms with Crippen molar-refractivity contribution in [2.75, 3.05) is 10.7 Å². The zero-order valence-electron chi connectivity index (χ0n) is 12.6. The number of aliphatic carboxylic acids is 1. The van der Waals surface area contributed by atoms with Crippen LogP contribution in [0.15, 0.2) is 58.5 Å². The van der Waals surface area contributed by atoms with Crippen molar-refractivity contribution in [3.05, 3.63) is 58.4 Å². The Bertz CT molecular complexity index is 799. The van der Waals surface area contributed by atoms with Gasteiger partial charge in [0.05, 0.1) is 12.1 Å². The molecule has 0 unspecified atom stereocenters. The first kappa shape index (κ1) is 16.5. The van der Waals surface area contributed by atoms with Gasteiger partial charge in [0.25, 0.3) is 5.91 Å². The van der Waals surface area contributed by atoms with Crippen LogP contribution in [0.2, 0.25) is 0 Å². The first-order valence-electron chi connectivity index (χ1n) is 7.23. The summed E-state index contributed by atoms with van der Waals surface area (Å²) in [5.74, 6) is -0.711. The summed E-state index contributed by atoms with van der Waals surface area (Å²) >= 11 is 2.80. The van der Waals surface area contributed by atoms with Gasteiger partial charge in [0.15, 0.2) is 5.17 Å². The predicted octanol–water partition coefficient (Wildman–Crippen LogP) is 3.70. The van der Waals surface area contributed by atoms with Crippen molar-refractivity contribution in [2.24, 2.45) is 4.99 Å². The standard InChI is InChI=1S/C17H14N2O3S2/c20-15(21)8-10-24-17-18-14(11-13-7-4-9-23-13)16(22)19(17)12-5-2-1-3-6-12/h1-7,9,11H,8,10H2,(H,20,21)/b14-11+. The van der Waals surface area contributed by atoms with E-state index in [1.54, 1.807) is 6.08 Å². The van der Waals surface area contributed by atoms with Crippen LogP contribution >= 0.6 is 23.1 Å². The molecule has 1 N–H and O–H groups in total. The molecule has 0 spiro atoms. The predicted molar refractivity (Wildman–Crippen MR) is 98.4 cm³/mol. The number of hydrogen-bond acceptors (Lipinski definition) is 5. The molecule has 0 radical (unpaired) electrons. The number of carboxylic acids is 1. The van der Waals surface area contributed by atoms with Gasteiger partial charge in [0, 0.05) is 10.6 Å². The van der Waals surface area contributed by atoms with Gasteiger partial charge in [-0.25, -0.2) is 4.99 Å². The number of rotatable bonds is 5. The molecular weight excluding hydrogens is 344 g/mol. The second kappa shape index (κ2) is 7.46. The van der Waals surface area contributed by atoms with Crippen LogP contribution in [0, 0.1) is 0 Å². The largest absolute Gasteiger partial charge is 0.481 e. The summed E-state index contributed by atoms with van der Waals surface area (Å²) in [6, 6.07) is 13.1. The number of nitrogens with zero attached hydrogens (tertiary/aromatic N) is 2. The maximum Gasteiger partial charge on any atom is 0.304 e. The Kier molecular flexibility index (Phi) is 5.12. The van der Waals surface area contributed by atoms with E-state index in [0.717, 1.165) is 10.6 Å². The van der Waals surface area contributed by atoms with Crippen molar-refractivity contribution < 1.29 is 14.7 Å². The van der Waals surface area contributed by atoms with Crippen molar-refractivity contribution in [3.8, 4) is 0 Å². The summed E-state index contributed by atoms with van der Waals surface area (Å²) in [6.45, 7) is 0. The van der Waals surface area contributed by atoms with Gasteiger partial charge in [-0.3, -0.25) is 14.5 Å². The Morgan fingerprint density at radius 2 is 2.04 bits per heavy atom. The van der Waals surface area contributed by atoms with E-state index in [-0.39, 0.29) is 12.3 Å². The Balaban J connectivity index is 1.89. The first-order valence-corrected chi connectivity index (χ1v) is 9.09. The third-order valence-electron chi connectivity index (χ3n) is 3.21. The lowest BCUT2D eigenvalue weighted by Gasteiger charge is -2.17. The zero-order chi connectivity index (χ0) is 16.9. The molecule has 1 aromatic heterocycles. The molecule has 1 aliphatic rings. The highest BCUT2D eigenvalue weighted by atomic mass is 32.2. The molecule has 3 rings (SSSR count). The lowest BCUT2D eigenvalue weighted by atomic mass is 10.3. The van der Waals surface area contributed by atoms with Gasteiger partial charge < -0.3 is 5.11 Å². The molecule has 1 aromatic carbocycles. The van der Waals surface area contributed by atoms with Crippen LogP contribution in [-0.4, -0.2) is 27.9 Å². The van der Waals surface area contributed by atoms with E-state index in [4.69, 9.17) is 5.11 Å². The number of anilines is 1. The van der Waals surface area contributed by atoms with E-state index in [0.29, 0.717) is 16.6 Å². The van der Waals surface area contributed by atoms with Crippen LogP contribution in [-0.2, 0) is 9.59 Å². The number of amides is 1. The van der Waals surface area contributed by atoms with Gasteiger partial charge in [-0.1, -0.05) is 36.0 Å². The van der Waals surface area contributed by atoms with Crippen molar-refractivity contribution in [2.45, 2.75) is 6.42 Å². The number of hydrogen-bond donors (Lipinski definition) is 1. The minimum Gasteiger partial charge on any atom is -0.481 e. The lowest BCUT2D eigenvalue weighted by molar-refractivity contribution is -0.136. The maximum atomic E-state index is 12.8. The molecule has 2 heterocycles. The summed E-state index contributed by atoms with van der Waals surface area (Å²) in [7, 11) is 0.